The van der Waals surface area contributed by atoms with Crippen LogP contribution in [0.4, 0.5) is 0 Å². The average molecular weight is 316 g/mol. The van der Waals surface area contributed by atoms with E-state index in [1.54, 1.807) is 0 Å². The van der Waals surface area contributed by atoms with E-state index in [4.69, 9.17) is 23.2 Å². The van der Waals surface area contributed by atoms with Gasteiger partial charge in [-0.25, -0.2) is 0 Å². The SMILES string of the molecule is ClC(Cl)c1cccc(-c2ccccc2Br)c1. The van der Waals surface area contributed by atoms with Gasteiger partial charge in [0.05, 0.1) is 0 Å². The fourth-order valence-electron chi connectivity index (χ4n) is 1.54. The molecule has 2 rings (SSSR count). The molecule has 0 aromatic heterocycles. The van der Waals surface area contributed by atoms with Gasteiger partial charge in [0.2, 0.25) is 0 Å². The van der Waals surface area contributed by atoms with Crippen LogP contribution in [0.2, 0.25) is 0 Å². The zero-order valence-corrected chi connectivity index (χ0v) is 11.4. The smallest absolute Gasteiger partial charge is 0.100 e. The van der Waals surface area contributed by atoms with Crippen LogP contribution in [0.3, 0.4) is 0 Å². The number of alkyl halides is 2. The van der Waals surface area contributed by atoms with Crippen molar-refractivity contribution in [1.82, 2.24) is 0 Å². The van der Waals surface area contributed by atoms with Crippen LogP contribution in [0.5, 0.6) is 0 Å². The standard InChI is InChI=1S/C13H9BrCl2/c14-12-7-2-1-6-11(12)9-4-3-5-10(8-9)13(15)16/h1-8,13H. The number of hydrogen-bond donors (Lipinski definition) is 0. The summed E-state index contributed by atoms with van der Waals surface area (Å²) in [7, 11) is 0. The lowest BCUT2D eigenvalue weighted by atomic mass is 10.0. The Kier molecular flexibility index (Phi) is 3.91. The van der Waals surface area contributed by atoms with Crippen molar-refractivity contribution in [1.29, 1.82) is 0 Å². The minimum atomic E-state index is -0.484. The van der Waals surface area contributed by atoms with Gasteiger partial charge in [0.25, 0.3) is 0 Å². The van der Waals surface area contributed by atoms with Gasteiger partial charge in [-0.15, -0.1) is 23.2 Å². The van der Waals surface area contributed by atoms with Gasteiger partial charge in [0.1, 0.15) is 4.84 Å². The molecule has 0 fully saturated rings. The maximum atomic E-state index is 5.86. The molecular formula is C13H9BrCl2. The predicted molar refractivity (Wildman–Crippen MR) is 74.0 cm³/mol. The molecule has 0 aliphatic heterocycles. The molecule has 0 aliphatic carbocycles. The van der Waals surface area contributed by atoms with Gasteiger partial charge in [-0.3, -0.25) is 0 Å². The molecule has 0 amide bonds. The van der Waals surface area contributed by atoms with Crippen molar-refractivity contribution in [2.24, 2.45) is 0 Å². The topological polar surface area (TPSA) is 0 Å². The molecule has 2 aromatic rings. The van der Waals surface area contributed by atoms with E-state index >= 15 is 0 Å². The highest BCUT2D eigenvalue weighted by Gasteiger charge is 2.06. The van der Waals surface area contributed by atoms with Crippen molar-refractivity contribution in [3.8, 4) is 11.1 Å². The maximum Gasteiger partial charge on any atom is 0.132 e. The Morgan fingerprint density at radius 3 is 2.38 bits per heavy atom. The van der Waals surface area contributed by atoms with Crippen LogP contribution in [0.1, 0.15) is 10.4 Å². The minimum absolute atomic E-state index is 0.484. The summed E-state index contributed by atoms with van der Waals surface area (Å²) in [6.45, 7) is 0. The normalized spacial score (nSPS) is 10.8. The predicted octanol–water partition coefficient (Wildman–Crippen LogP) is 5.59. The molecule has 82 valence electrons. The van der Waals surface area contributed by atoms with Crippen molar-refractivity contribution in [3.63, 3.8) is 0 Å². The lowest BCUT2D eigenvalue weighted by Crippen LogP contribution is -1.84. The number of halogens is 3. The first-order chi connectivity index (χ1) is 7.68. The lowest BCUT2D eigenvalue weighted by Gasteiger charge is -2.07. The Balaban J connectivity index is 2.49. The number of rotatable bonds is 2. The molecule has 0 unspecified atom stereocenters. The Hall–Kier alpha value is -0.500. The summed E-state index contributed by atoms with van der Waals surface area (Å²) >= 11 is 15.2. The summed E-state index contributed by atoms with van der Waals surface area (Å²) in [4.78, 5) is -0.484. The van der Waals surface area contributed by atoms with Crippen LogP contribution in [0, 0.1) is 0 Å². The first-order valence-electron chi connectivity index (χ1n) is 4.81. The monoisotopic (exact) mass is 314 g/mol. The molecule has 0 atom stereocenters. The molecule has 0 bridgehead atoms. The molecule has 2 aromatic carbocycles. The zero-order valence-electron chi connectivity index (χ0n) is 8.33. The van der Waals surface area contributed by atoms with E-state index in [1.807, 2.05) is 42.5 Å². The van der Waals surface area contributed by atoms with E-state index in [1.165, 1.54) is 0 Å². The highest BCUT2D eigenvalue weighted by molar-refractivity contribution is 9.10. The third-order valence-corrected chi connectivity index (χ3v) is 3.52. The van der Waals surface area contributed by atoms with Crippen molar-refractivity contribution in [2.75, 3.05) is 0 Å². The van der Waals surface area contributed by atoms with Crippen LogP contribution in [0.15, 0.2) is 53.0 Å². The molecule has 0 saturated heterocycles. The van der Waals surface area contributed by atoms with Crippen molar-refractivity contribution in [3.05, 3.63) is 58.6 Å². The van der Waals surface area contributed by atoms with Gasteiger partial charge < -0.3 is 0 Å². The molecular weight excluding hydrogens is 307 g/mol. The van der Waals surface area contributed by atoms with E-state index in [2.05, 4.69) is 22.0 Å². The van der Waals surface area contributed by atoms with Gasteiger partial charge in [0.15, 0.2) is 0 Å². The number of hydrogen-bond acceptors (Lipinski definition) is 0. The average Bonchev–Trinajstić information content (AvgIpc) is 2.30. The van der Waals surface area contributed by atoms with E-state index in [0.717, 1.165) is 21.2 Å². The molecule has 0 saturated carbocycles. The van der Waals surface area contributed by atoms with E-state index in [9.17, 15) is 0 Å². The summed E-state index contributed by atoms with van der Waals surface area (Å²) in [6, 6.07) is 16.0. The highest BCUT2D eigenvalue weighted by atomic mass is 79.9. The summed E-state index contributed by atoms with van der Waals surface area (Å²) in [6.07, 6.45) is 0. The Morgan fingerprint density at radius 2 is 1.69 bits per heavy atom. The van der Waals surface area contributed by atoms with Crippen LogP contribution >= 0.6 is 39.1 Å². The Morgan fingerprint density at radius 1 is 0.938 bits per heavy atom. The largest absolute Gasteiger partial charge is 0.132 e. The van der Waals surface area contributed by atoms with Crippen molar-refractivity contribution >= 4 is 39.1 Å². The fourth-order valence-corrected chi connectivity index (χ4v) is 2.32. The van der Waals surface area contributed by atoms with Crippen LogP contribution < -0.4 is 0 Å². The van der Waals surface area contributed by atoms with Gasteiger partial charge >= 0.3 is 0 Å². The van der Waals surface area contributed by atoms with Crippen molar-refractivity contribution < 1.29 is 0 Å². The minimum Gasteiger partial charge on any atom is -0.100 e. The summed E-state index contributed by atoms with van der Waals surface area (Å²) in [5.74, 6) is 0. The molecule has 0 spiro atoms. The van der Waals surface area contributed by atoms with E-state index in [-0.39, 0.29) is 0 Å². The Bertz CT molecular complexity index is 495. The molecule has 0 aliphatic rings. The Labute approximate surface area is 113 Å². The molecule has 0 nitrogen and oxygen atoms in total. The van der Waals surface area contributed by atoms with Crippen LogP contribution in [-0.2, 0) is 0 Å². The zero-order chi connectivity index (χ0) is 11.5. The lowest BCUT2D eigenvalue weighted by molar-refractivity contribution is 1.35. The van der Waals surface area contributed by atoms with E-state index in [0.29, 0.717) is 0 Å². The third-order valence-electron chi connectivity index (χ3n) is 2.32. The van der Waals surface area contributed by atoms with Gasteiger partial charge in [-0.05, 0) is 28.8 Å². The summed E-state index contributed by atoms with van der Waals surface area (Å²) in [5, 5.41) is 0. The molecule has 0 heterocycles. The summed E-state index contributed by atoms with van der Waals surface area (Å²) in [5.41, 5.74) is 3.16. The summed E-state index contributed by atoms with van der Waals surface area (Å²) < 4.78 is 1.06. The van der Waals surface area contributed by atoms with Crippen LogP contribution in [-0.4, -0.2) is 0 Å². The second-order valence-corrected chi connectivity index (χ2v) is 5.36. The number of benzene rings is 2. The van der Waals surface area contributed by atoms with E-state index < -0.39 is 4.84 Å². The second kappa shape index (κ2) is 5.22. The molecule has 0 radical (unpaired) electrons. The molecule has 3 heteroatoms. The first-order valence-corrected chi connectivity index (χ1v) is 6.48. The van der Waals surface area contributed by atoms with Gasteiger partial charge in [-0.1, -0.05) is 52.3 Å². The first kappa shape index (κ1) is 12.0. The van der Waals surface area contributed by atoms with Crippen molar-refractivity contribution in [2.45, 2.75) is 4.84 Å². The van der Waals surface area contributed by atoms with Gasteiger partial charge in [-0.2, -0.15) is 0 Å². The van der Waals surface area contributed by atoms with Crippen LogP contribution in [0.25, 0.3) is 11.1 Å². The maximum absolute atomic E-state index is 5.86. The quantitative estimate of drug-likeness (QED) is 0.633. The van der Waals surface area contributed by atoms with Gasteiger partial charge in [0, 0.05) is 4.47 Å². The second-order valence-electron chi connectivity index (χ2n) is 3.41. The fraction of sp³-hybridized carbons (Fsp3) is 0.0769. The highest BCUT2D eigenvalue weighted by Crippen LogP contribution is 2.32. The third kappa shape index (κ3) is 2.60. The molecule has 16 heavy (non-hydrogen) atoms. The molecule has 0 N–H and O–H groups in total.